The fourth-order valence-corrected chi connectivity index (χ4v) is 3.65. The second kappa shape index (κ2) is 6.59. The highest BCUT2D eigenvalue weighted by Gasteiger charge is 2.04. The summed E-state index contributed by atoms with van der Waals surface area (Å²) in [6, 6.07) is 10.1. The van der Waals surface area contributed by atoms with Crippen molar-refractivity contribution in [3.8, 4) is 5.75 Å². The quantitative estimate of drug-likeness (QED) is 0.749. The van der Waals surface area contributed by atoms with Crippen LogP contribution in [0.3, 0.4) is 0 Å². The molecule has 18 heavy (non-hydrogen) atoms. The minimum absolute atomic E-state index is 0.689. The van der Waals surface area contributed by atoms with Crippen LogP contribution in [-0.4, -0.2) is 6.61 Å². The van der Waals surface area contributed by atoms with E-state index in [4.69, 9.17) is 4.74 Å². The predicted molar refractivity (Wildman–Crippen MR) is 84.7 cm³/mol. The molecule has 0 amide bonds. The number of halogens is 2. The van der Waals surface area contributed by atoms with Gasteiger partial charge in [-0.05, 0) is 57.0 Å². The Labute approximate surface area is 128 Å². The van der Waals surface area contributed by atoms with Gasteiger partial charge in [0.25, 0.3) is 0 Å². The largest absolute Gasteiger partial charge is 0.494 e. The minimum atomic E-state index is 0.689. The van der Waals surface area contributed by atoms with E-state index in [1.54, 1.807) is 11.3 Å². The number of thiophene rings is 1. The summed E-state index contributed by atoms with van der Waals surface area (Å²) in [7, 11) is 0. The molecule has 0 unspecified atom stereocenters. The van der Waals surface area contributed by atoms with Crippen LogP contribution >= 0.6 is 43.2 Å². The predicted octanol–water partition coefficient (Wildman–Crippen LogP) is 5.28. The Bertz CT molecular complexity index is 508. The maximum atomic E-state index is 5.47. The molecule has 0 fully saturated rings. The molecule has 0 atom stereocenters. The summed E-state index contributed by atoms with van der Waals surface area (Å²) < 4.78 is 7.70. The van der Waals surface area contributed by atoms with Gasteiger partial charge in [-0.15, -0.1) is 11.3 Å². The van der Waals surface area contributed by atoms with Gasteiger partial charge in [0, 0.05) is 27.6 Å². The lowest BCUT2D eigenvalue weighted by molar-refractivity contribution is 0.340. The lowest BCUT2D eigenvalue weighted by Gasteiger charge is -2.07. The number of rotatable bonds is 5. The van der Waals surface area contributed by atoms with E-state index >= 15 is 0 Å². The second-order valence-electron chi connectivity index (χ2n) is 3.65. The monoisotopic (exact) mass is 389 g/mol. The summed E-state index contributed by atoms with van der Waals surface area (Å²) >= 11 is 8.71. The van der Waals surface area contributed by atoms with Crippen LogP contribution in [-0.2, 0) is 6.54 Å². The molecule has 1 aromatic heterocycles. The van der Waals surface area contributed by atoms with Gasteiger partial charge in [0.1, 0.15) is 5.75 Å². The van der Waals surface area contributed by atoms with Gasteiger partial charge in [-0.2, -0.15) is 0 Å². The van der Waals surface area contributed by atoms with Crippen LogP contribution in [0.5, 0.6) is 5.75 Å². The zero-order valence-corrected chi connectivity index (χ0v) is 13.9. The minimum Gasteiger partial charge on any atom is -0.494 e. The third-order valence-electron chi connectivity index (χ3n) is 2.31. The second-order valence-corrected chi connectivity index (χ2v) is 6.96. The topological polar surface area (TPSA) is 21.3 Å². The van der Waals surface area contributed by atoms with E-state index in [0.717, 1.165) is 26.2 Å². The van der Waals surface area contributed by atoms with Crippen molar-refractivity contribution < 1.29 is 4.74 Å². The normalized spacial score (nSPS) is 10.4. The third kappa shape index (κ3) is 3.73. The maximum Gasteiger partial charge on any atom is 0.121 e. The fourth-order valence-electron chi connectivity index (χ4n) is 1.53. The van der Waals surface area contributed by atoms with E-state index in [-0.39, 0.29) is 0 Å². The Balaban J connectivity index is 1.99. The molecule has 0 spiro atoms. The molecular weight excluding hydrogens is 378 g/mol. The molecule has 0 aliphatic carbocycles. The molecule has 0 radical (unpaired) electrons. The molecule has 0 saturated heterocycles. The van der Waals surface area contributed by atoms with Crippen molar-refractivity contribution in [3.63, 3.8) is 0 Å². The van der Waals surface area contributed by atoms with Gasteiger partial charge in [-0.1, -0.05) is 6.07 Å². The lowest BCUT2D eigenvalue weighted by Crippen LogP contribution is -1.98. The molecular formula is C13H13Br2NOS. The van der Waals surface area contributed by atoms with Crippen LogP contribution in [0.4, 0.5) is 5.69 Å². The smallest absolute Gasteiger partial charge is 0.121 e. The van der Waals surface area contributed by atoms with Gasteiger partial charge in [0.2, 0.25) is 0 Å². The number of ether oxygens (including phenoxy) is 1. The molecule has 0 saturated carbocycles. The molecule has 96 valence electrons. The van der Waals surface area contributed by atoms with Crippen molar-refractivity contribution in [2.24, 2.45) is 0 Å². The molecule has 1 heterocycles. The Morgan fingerprint density at radius 3 is 2.78 bits per heavy atom. The average molecular weight is 391 g/mol. The van der Waals surface area contributed by atoms with E-state index in [1.807, 2.05) is 31.2 Å². The van der Waals surface area contributed by atoms with Crippen LogP contribution in [0.15, 0.2) is 38.6 Å². The highest BCUT2D eigenvalue weighted by Crippen LogP contribution is 2.32. The Kier molecular flexibility index (Phi) is 5.09. The van der Waals surface area contributed by atoms with Gasteiger partial charge < -0.3 is 10.1 Å². The Morgan fingerprint density at radius 1 is 1.28 bits per heavy atom. The van der Waals surface area contributed by atoms with Gasteiger partial charge in [0.05, 0.1) is 10.4 Å². The number of nitrogens with one attached hydrogen (secondary N) is 1. The van der Waals surface area contributed by atoms with E-state index in [0.29, 0.717) is 6.61 Å². The van der Waals surface area contributed by atoms with Crippen molar-refractivity contribution in [2.45, 2.75) is 13.5 Å². The highest BCUT2D eigenvalue weighted by molar-refractivity contribution is 9.13. The van der Waals surface area contributed by atoms with Gasteiger partial charge in [-0.3, -0.25) is 0 Å². The maximum absolute atomic E-state index is 5.47. The van der Waals surface area contributed by atoms with E-state index in [1.165, 1.54) is 4.88 Å². The first-order chi connectivity index (χ1) is 8.69. The lowest BCUT2D eigenvalue weighted by atomic mass is 10.3. The van der Waals surface area contributed by atoms with Crippen LogP contribution < -0.4 is 10.1 Å². The van der Waals surface area contributed by atoms with Gasteiger partial charge >= 0.3 is 0 Å². The fraction of sp³-hybridized carbons (Fsp3) is 0.231. The standard InChI is InChI=1S/C13H13Br2NOS/c1-2-17-10-5-3-4-9(6-10)16-8-11-7-12(14)13(15)18-11/h3-7,16H,2,8H2,1H3. The van der Waals surface area contributed by atoms with Crippen LogP contribution in [0, 0.1) is 0 Å². The molecule has 0 aliphatic rings. The van der Waals surface area contributed by atoms with Crippen LogP contribution in [0.25, 0.3) is 0 Å². The summed E-state index contributed by atoms with van der Waals surface area (Å²) in [5, 5.41) is 3.39. The van der Waals surface area contributed by atoms with Crippen LogP contribution in [0.1, 0.15) is 11.8 Å². The summed E-state index contributed by atoms with van der Waals surface area (Å²) in [5.74, 6) is 0.899. The first kappa shape index (κ1) is 13.9. The van der Waals surface area contributed by atoms with E-state index < -0.39 is 0 Å². The van der Waals surface area contributed by atoms with E-state index in [2.05, 4.69) is 43.2 Å². The zero-order chi connectivity index (χ0) is 13.0. The first-order valence-corrected chi connectivity index (χ1v) is 7.99. The third-order valence-corrected chi connectivity index (χ3v) is 5.56. The molecule has 2 rings (SSSR count). The number of hydrogen-bond acceptors (Lipinski definition) is 3. The summed E-state index contributed by atoms with van der Waals surface area (Å²) in [6.07, 6.45) is 0. The highest BCUT2D eigenvalue weighted by atomic mass is 79.9. The van der Waals surface area contributed by atoms with Gasteiger partial charge in [0.15, 0.2) is 0 Å². The molecule has 2 nitrogen and oxygen atoms in total. The summed E-state index contributed by atoms with van der Waals surface area (Å²) in [4.78, 5) is 1.27. The molecule has 1 N–H and O–H groups in total. The van der Waals surface area contributed by atoms with Crippen molar-refractivity contribution >= 4 is 48.9 Å². The van der Waals surface area contributed by atoms with Crippen molar-refractivity contribution in [1.29, 1.82) is 0 Å². The average Bonchev–Trinajstić information content (AvgIpc) is 2.67. The number of anilines is 1. The van der Waals surface area contributed by atoms with Crippen molar-refractivity contribution in [2.75, 3.05) is 11.9 Å². The molecule has 0 bridgehead atoms. The zero-order valence-electron chi connectivity index (χ0n) is 9.87. The molecule has 0 aliphatic heterocycles. The van der Waals surface area contributed by atoms with Crippen molar-refractivity contribution in [1.82, 2.24) is 0 Å². The molecule has 5 heteroatoms. The Morgan fingerprint density at radius 2 is 2.11 bits per heavy atom. The molecule has 2 aromatic rings. The van der Waals surface area contributed by atoms with Crippen molar-refractivity contribution in [3.05, 3.63) is 43.5 Å². The number of benzene rings is 1. The summed E-state index contributed by atoms with van der Waals surface area (Å²) in [6.45, 7) is 3.49. The van der Waals surface area contributed by atoms with Crippen LogP contribution in [0.2, 0.25) is 0 Å². The number of hydrogen-bond donors (Lipinski definition) is 1. The first-order valence-electron chi connectivity index (χ1n) is 5.59. The Hall–Kier alpha value is -0.520. The summed E-state index contributed by atoms with van der Waals surface area (Å²) in [5.41, 5.74) is 1.07. The molecule has 1 aromatic carbocycles. The SMILES string of the molecule is CCOc1cccc(NCc2cc(Br)c(Br)s2)c1. The van der Waals surface area contributed by atoms with E-state index in [9.17, 15) is 0 Å². The van der Waals surface area contributed by atoms with Gasteiger partial charge in [-0.25, -0.2) is 0 Å².